The number of carbonyl (C=O) groups excluding carboxylic acids is 2. The number of aromatic nitrogens is 1. The Labute approximate surface area is 167 Å². The van der Waals surface area contributed by atoms with E-state index in [0.29, 0.717) is 28.1 Å². The smallest absolute Gasteiger partial charge is 0.238 e. The Hall–Kier alpha value is -3.35. The number of likely N-dealkylation sites (tertiary alicyclic amines) is 1. The highest BCUT2D eigenvalue weighted by atomic mass is 35.5. The van der Waals surface area contributed by atoms with Crippen molar-refractivity contribution in [3.05, 3.63) is 57.9 Å². The highest BCUT2D eigenvalue weighted by molar-refractivity contribution is 6.33. The molecule has 1 aliphatic rings. The highest BCUT2D eigenvalue weighted by Gasteiger charge is 2.43. The molecule has 1 aliphatic heterocycles. The molecule has 3 rings (SSSR count). The van der Waals surface area contributed by atoms with Crippen molar-refractivity contribution in [3.8, 4) is 23.7 Å². The van der Waals surface area contributed by atoms with Crippen molar-refractivity contribution in [3.63, 3.8) is 0 Å². The van der Waals surface area contributed by atoms with Crippen LogP contribution in [0.4, 0.5) is 0 Å². The van der Waals surface area contributed by atoms with Gasteiger partial charge in [-0.3, -0.25) is 14.6 Å². The van der Waals surface area contributed by atoms with E-state index in [1.807, 2.05) is 6.07 Å². The second kappa shape index (κ2) is 8.12. The van der Waals surface area contributed by atoms with Crippen LogP contribution in [-0.2, 0) is 16.1 Å². The first kappa shape index (κ1) is 19.4. The zero-order valence-corrected chi connectivity index (χ0v) is 16.1. The van der Waals surface area contributed by atoms with E-state index in [1.54, 1.807) is 31.2 Å². The number of nitriles is 1. The number of Topliss-reactive ketones (excluding diaryl/α,β-unsaturated/α-hetero) is 1. The van der Waals surface area contributed by atoms with Crippen LogP contribution in [0.25, 0.3) is 0 Å². The van der Waals surface area contributed by atoms with E-state index in [-0.39, 0.29) is 29.8 Å². The summed E-state index contributed by atoms with van der Waals surface area (Å²) in [6.07, 6.45) is 1.43. The third kappa shape index (κ3) is 3.69. The summed E-state index contributed by atoms with van der Waals surface area (Å²) in [5.74, 6) is 4.39. The lowest BCUT2D eigenvalue weighted by molar-refractivity contribution is -0.130. The van der Waals surface area contributed by atoms with Crippen LogP contribution in [-0.4, -0.2) is 35.2 Å². The maximum absolute atomic E-state index is 13.0. The number of amides is 1. The van der Waals surface area contributed by atoms with Gasteiger partial charge in [-0.1, -0.05) is 17.5 Å². The molecule has 0 radical (unpaired) electrons. The van der Waals surface area contributed by atoms with Crippen molar-refractivity contribution in [2.75, 3.05) is 13.7 Å². The van der Waals surface area contributed by atoms with Gasteiger partial charge in [0.25, 0.3) is 0 Å². The largest absolute Gasteiger partial charge is 0.496 e. The Morgan fingerprint density at radius 3 is 2.71 bits per heavy atom. The van der Waals surface area contributed by atoms with Crippen LogP contribution >= 0.6 is 11.6 Å². The summed E-state index contributed by atoms with van der Waals surface area (Å²) in [6, 6.07) is 8.57. The third-order valence-corrected chi connectivity index (χ3v) is 4.72. The minimum Gasteiger partial charge on any atom is -0.496 e. The summed E-state index contributed by atoms with van der Waals surface area (Å²) >= 11 is 6.39. The lowest BCUT2D eigenvalue weighted by Gasteiger charge is -2.17. The minimum absolute atomic E-state index is 0.0405. The molecule has 1 amide bonds. The molecule has 1 atom stereocenters. The van der Waals surface area contributed by atoms with E-state index in [2.05, 4.69) is 16.8 Å². The second-order valence-electron chi connectivity index (χ2n) is 6.19. The fourth-order valence-corrected chi connectivity index (χ4v) is 3.45. The normalized spacial score (nSPS) is 15.8. The van der Waals surface area contributed by atoms with E-state index in [4.69, 9.17) is 21.6 Å². The molecule has 1 aromatic carbocycles. The van der Waals surface area contributed by atoms with Crippen molar-refractivity contribution in [1.29, 1.82) is 5.26 Å². The molecule has 0 spiro atoms. The van der Waals surface area contributed by atoms with Gasteiger partial charge in [-0.05, 0) is 31.2 Å². The molecule has 0 N–H and O–H groups in total. The molecule has 1 saturated heterocycles. The first-order valence-electron chi connectivity index (χ1n) is 8.45. The Bertz CT molecular complexity index is 1050. The third-order valence-electron chi connectivity index (χ3n) is 4.40. The van der Waals surface area contributed by atoms with Crippen molar-refractivity contribution in [2.24, 2.45) is 0 Å². The molecule has 0 bridgehead atoms. The van der Waals surface area contributed by atoms with Gasteiger partial charge in [0.05, 0.1) is 31.5 Å². The summed E-state index contributed by atoms with van der Waals surface area (Å²) < 4.78 is 5.38. The highest BCUT2D eigenvalue weighted by Crippen LogP contribution is 2.39. The lowest BCUT2D eigenvalue weighted by Crippen LogP contribution is -2.27. The lowest BCUT2D eigenvalue weighted by atomic mass is 9.94. The minimum atomic E-state index is -1.02. The average Bonchev–Trinajstić information content (AvgIpc) is 2.95. The standard InChI is InChI=1S/C21H16ClN3O3/c1-3-4-13-7-16(22)19(18(8-13)28-2)20-17(26)12-25(21(20)27)11-15-6-5-14(9-23)10-24-15/h5-8,10,20H,11-12H2,1-2H3. The molecule has 28 heavy (non-hydrogen) atoms. The number of hydrogen-bond donors (Lipinski definition) is 0. The predicted molar refractivity (Wildman–Crippen MR) is 103 cm³/mol. The van der Waals surface area contributed by atoms with Crippen molar-refractivity contribution in [2.45, 2.75) is 19.4 Å². The van der Waals surface area contributed by atoms with E-state index in [1.165, 1.54) is 18.2 Å². The molecule has 2 aromatic rings. The molecule has 140 valence electrons. The van der Waals surface area contributed by atoms with E-state index in [9.17, 15) is 9.59 Å². The van der Waals surface area contributed by atoms with E-state index < -0.39 is 5.92 Å². The van der Waals surface area contributed by atoms with Crippen molar-refractivity contribution < 1.29 is 14.3 Å². The van der Waals surface area contributed by atoms with Gasteiger partial charge in [0.1, 0.15) is 17.7 Å². The molecule has 6 nitrogen and oxygen atoms in total. The average molecular weight is 394 g/mol. The van der Waals surface area contributed by atoms with Gasteiger partial charge >= 0.3 is 0 Å². The van der Waals surface area contributed by atoms with Gasteiger partial charge in [-0.15, -0.1) is 5.92 Å². The predicted octanol–water partition coefficient (Wildman–Crippen LogP) is 2.68. The number of ketones is 1. The number of nitrogens with zero attached hydrogens (tertiary/aromatic N) is 3. The maximum atomic E-state index is 13.0. The van der Waals surface area contributed by atoms with Gasteiger partial charge in [0, 0.05) is 22.3 Å². The van der Waals surface area contributed by atoms with Gasteiger partial charge < -0.3 is 9.64 Å². The maximum Gasteiger partial charge on any atom is 0.238 e. The number of halogens is 1. The number of carbonyl (C=O) groups is 2. The van der Waals surface area contributed by atoms with Crippen LogP contribution in [0, 0.1) is 23.2 Å². The van der Waals surface area contributed by atoms with Gasteiger partial charge in [0.15, 0.2) is 5.78 Å². The van der Waals surface area contributed by atoms with Gasteiger partial charge in [-0.2, -0.15) is 5.26 Å². The Morgan fingerprint density at radius 1 is 1.32 bits per heavy atom. The monoisotopic (exact) mass is 393 g/mol. The number of methoxy groups -OCH3 is 1. The molecule has 2 heterocycles. The second-order valence-corrected chi connectivity index (χ2v) is 6.60. The molecule has 1 fully saturated rings. The number of rotatable bonds is 4. The summed E-state index contributed by atoms with van der Waals surface area (Å²) in [4.78, 5) is 31.2. The molecule has 0 aliphatic carbocycles. The Kier molecular flexibility index (Phi) is 5.63. The van der Waals surface area contributed by atoms with Crippen LogP contribution in [0.2, 0.25) is 5.02 Å². The fourth-order valence-electron chi connectivity index (χ4n) is 3.13. The summed E-state index contributed by atoms with van der Waals surface area (Å²) in [5, 5.41) is 9.11. The van der Waals surface area contributed by atoms with Crippen LogP contribution < -0.4 is 4.74 Å². The first-order valence-corrected chi connectivity index (χ1v) is 8.83. The first-order chi connectivity index (χ1) is 13.5. The fraction of sp³-hybridized carbons (Fsp3) is 0.238. The van der Waals surface area contributed by atoms with Crippen molar-refractivity contribution in [1.82, 2.24) is 9.88 Å². The van der Waals surface area contributed by atoms with Gasteiger partial charge in [-0.25, -0.2) is 0 Å². The zero-order chi connectivity index (χ0) is 20.3. The van der Waals surface area contributed by atoms with E-state index in [0.717, 1.165) is 0 Å². The number of hydrogen-bond acceptors (Lipinski definition) is 5. The van der Waals surface area contributed by atoms with Crippen LogP contribution in [0.5, 0.6) is 5.75 Å². The Morgan fingerprint density at radius 2 is 2.11 bits per heavy atom. The van der Waals surface area contributed by atoms with E-state index >= 15 is 0 Å². The van der Waals surface area contributed by atoms with Crippen LogP contribution in [0.1, 0.15) is 35.2 Å². The zero-order valence-electron chi connectivity index (χ0n) is 15.3. The quantitative estimate of drug-likeness (QED) is 0.589. The molecule has 7 heteroatoms. The van der Waals surface area contributed by atoms with Gasteiger partial charge in [0.2, 0.25) is 5.91 Å². The number of pyridine rings is 1. The van der Waals surface area contributed by atoms with Crippen LogP contribution in [0.3, 0.4) is 0 Å². The summed E-state index contributed by atoms with van der Waals surface area (Å²) in [6.45, 7) is 1.83. The Balaban J connectivity index is 1.91. The molecule has 0 saturated carbocycles. The summed E-state index contributed by atoms with van der Waals surface area (Å²) in [7, 11) is 1.46. The number of ether oxygens (including phenoxy) is 1. The SMILES string of the molecule is CC#Cc1cc(Cl)c(C2C(=O)CN(Cc3ccc(C#N)cn3)C2=O)c(OC)c1. The molecular formula is C21H16ClN3O3. The molecule has 1 aromatic heterocycles. The number of benzene rings is 1. The van der Waals surface area contributed by atoms with Crippen molar-refractivity contribution >= 4 is 23.3 Å². The van der Waals surface area contributed by atoms with Crippen LogP contribution in [0.15, 0.2) is 30.5 Å². The molecule has 1 unspecified atom stereocenters. The summed E-state index contributed by atoms with van der Waals surface area (Å²) in [5.41, 5.74) is 2.02. The molecular weight excluding hydrogens is 378 g/mol. The topological polar surface area (TPSA) is 83.3 Å².